The van der Waals surface area contributed by atoms with Crippen molar-refractivity contribution in [3.63, 3.8) is 0 Å². The van der Waals surface area contributed by atoms with E-state index in [0.29, 0.717) is 12.8 Å². The second-order valence-corrected chi connectivity index (χ2v) is 6.76. The first kappa shape index (κ1) is 12.9. The highest BCUT2D eigenvalue weighted by Gasteiger charge is 2.59. The molecule has 3 saturated carbocycles. The van der Waals surface area contributed by atoms with Gasteiger partial charge in [-0.25, -0.2) is 4.79 Å². The molecule has 0 saturated heterocycles. The van der Waals surface area contributed by atoms with Crippen molar-refractivity contribution in [2.24, 2.45) is 11.3 Å². The lowest BCUT2D eigenvalue weighted by atomic mass is 9.81. The highest BCUT2D eigenvalue weighted by Crippen LogP contribution is 2.62. The number of carboxylic acids is 1. The molecule has 1 unspecified atom stereocenters. The van der Waals surface area contributed by atoms with E-state index in [2.05, 4.69) is 5.32 Å². The Labute approximate surface area is 113 Å². The van der Waals surface area contributed by atoms with Gasteiger partial charge < -0.3 is 10.4 Å². The Kier molecular flexibility index (Phi) is 3.06. The average molecular weight is 265 g/mol. The molecule has 19 heavy (non-hydrogen) atoms. The monoisotopic (exact) mass is 265 g/mol. The molecule has 3 aliphatic carbocycles. The Morgan fingerprint density at radius 3 is 2.11 bits per heavy atom. The number of hydrogen-bond acceptors (Lipinski definition) is 2. The molecule has 0 bridgehead atoms. The topological polar surface area (TPSA) is 66.4 Å². The van der Waals surface area contributed by atoms with Gasteiger partial charge >= 0.3 is 5.97 Å². The third kappa shape index (κ3) is 2.15. The minimum Gasteiger partial charge on any atom is -0.480 e. The molecule has 1 spiro atoms. The van der Waals surface area contributed by atoms with E-state index >= 15 is 0 Å². The van der Waals surface area contributed by atoms with Gasteiger partial charge in [-0.3, -0.25) is 4.79 Å². The van der Waals surface area contributed by atoms with Gasteiger partial charge in [-0.05, 0) is 37.5 Å². The minimum absolute atomic E-state index is 0.00574. The summed E-state index contributed by atoms with van der Waals surface area (Å²) in [6.45, 7) is 0. The molecule has 0 aromatic heterocycles. The van der Waals surface area contributed by atoms with Gasteiger partial charge in [-0.15, -0.1) is 0 Å². The van der Waals surface area contributed by atoms with Crippen LogP contribution in [0.5, 0.6) is 0 Å². The Bertz CT molecular complexity index is 392. The number of carbonyl (C=O) groups excluding carboxylic acids is 1. The van der Waals surface area contributed by atoms with Crippen LogP contribution in [0.2, 0.25) is 0 Å². The van der Waals surface area contributed by atoms with Crippen molar-refractivity contribution in [1.29, 1.82) is 0 Å². The fraction of sp³-hybridized carbons (Fsp3) is 0.867. The summed E-state index contributed by atoms with van der Waals surface area (Å²) in [5.74, 6) is -0.749. The number of nitrogens with one attached hydrogen (secondary N) is 1. The fourth-order valence-corrected chi connectivity index (χ4v) is 4.22. The van der Waals surface area contributed by atoms with Crippen LogP contribution in [0, 0.1) is 11.3 Å². The predicted octanol–water partition coefficient (Wildman–Crippen LogP) is 2.47. The molecule has 0 aliphatic heterocycles. The van der Waals surface area contributed by atoms with E-state index in [4.69, 9.17) is 0 Å². The summed E-state index contributed by atoms with van der Waals surface area (Å²) in [5.41, 5.74) is -0.726. The van der Waals surface area contributed by atoms with Crippen LogP contribution >= 0.6 is 0 Å². The predicted molar refractivity (Wildman–Crippen MR) is 70.6 cm³/mol. The van der Waals surface area contributed by atoms with Crippen LogP contribution in [0.1, 0.15) is 64.2 Å². The fourth-order valence-electron chi connectivity index (χ4n) is 4.22. The lowest BCUT2D eigenvalue weighted by Gasteiger charge is -2.34. The summed E-state index contributed by atoms with van der Waals surface area (Å²) < 4.78 is 0. The van der Waals surface area contributed by atoms with Gasteiger partial charge in [0.15, 0.2) is 0 Å². The second-order valence-electron chi connectivity index (χ2n) is 6.76. The first-order valence-electron chi connectivity index (χ1n) is 7.64. The zero-order chi connectivity index (χ0) is 13.5. The molecule has 3 rings (SSSR count). The summed E-state index contributed by atoms with van der Waals surface area (Å²) in [4.78, 5) is 23.9. The maximum absolute atomic E-state index is 12.4. The van der Waals surface area contributed by atoms with Crippen LogP contribution in [-0.4, -0.2) is 22.5 Å². The number of aliphatic carboxylic acids is 1. The van der Waals surface area contributed by atoms with Crippen molar-refractivity contribution in [2.45, 2.75) is 69.7 Å². The van der Waals surface area contributed by atoms with Gasteiger partial charge in [0.25, 0.3) is 0 Å². The Morgan fingerprint density at radius 2 is 1.53 bits per heavy atom. The van der Waals surface area contributed by atoms with Crippen molar-refractivity contribution in [3.8, 4) is 0 Å². The summed E-state index contributed by atoms with van der Waals surface area (Å²) in [5, 5.41) is 12.4. The third-order valence-corrected chi connectivity index (χ3v) is 5.58. The summed E-state index contributed by atoms with van der Waals surface area (Å²) in [7, 11) is 0. The molecule has 4 heteroatoms. The molecular formula is C15H23NO3. The quantitative estimate of drug-likeness (QED) is 0.823. The summed E-state index contributed by atoms with van der Waals surface area (Å²) >= 11 is 0. The lowest BCUT2D eigenvalue weighted by molar-refractivity contribution is -0.149. The van der Waals surface area contributed by atoms with Crippen molar-refractivity contribution >= 4 is 11.9 Å². The Morgan fingerprint density at radius 1 is 0.947 bits per heavy atom. The van der Waals surface area contributed by atoms with Gasteiger partial charge in [0.1, 0.15) is 5.54 Å². The first-order valence-corrected chi connectivity index (χ1v) is 7.64. The Balaban J connectivity index is 1.66. The molecule has 4 nitrogen and oxygen atoms in total. The van der Waals surface area contributed by atoms with Crippen LogP contribution in [0.15, 0.2) is 0 Å². The van der Waals surface area contributed by atoms with Gasteiger partial charge in [0, 0.05) is 5.92 Å². The van der Waals surface area contributed by atoms with Crippen molar-refractivity contribution in [1.82, 2.24) is 5.32 Å². The minimum atomic E-state index is -0.974. The molecule has 3 fully saturated rings. The van der Waals surface area contributed by atoms with Gasteiger partial charge in [-0.1, -0.05) is 32.1 Å². The Hall–Kier alpha value is -1.06. The molecule has 106 valence electrons. The molecule has 0 aromatic rings. The number of amides is 1. The van der Waals surface area contributed by atoms with Crippen molar-refractivity contribution < 1.29 is 14.7 Å². The average Bonchev–Trinajstić information content (AvgIpc) is 2.89. The largest absolute Gasteiger partial charge is 0.480 e. The van der Waals surface area contributed by atoms with Crippen LogP contribution < -0.4 is 5.32 Å². The van der Waals surface area contributed by atoms with Crippen LogP contribution in [0.3, 0.4) is 0 Å². The summed E-state index contributed by atoms with van der Waals surface area (Å²) in [6, 6.07) is 0. The van der Waals surface area contributed by atoms with Crippen LogP contribution in [-0.2, 0) is 9.59 Å². The zero-order valence-electron chi connectivity index (χ0n) is 11.4. The molecule has 2 N–H and O–H groups in total. The van der Waals surface area contributed by atoms with Gasteiger partial charge in [0.2, 0.25) is 5.91 Å². The number of rotatable bonds is 3. The van der Waals surface area contributed by atoms with E-state index < -0.39 is 11.5 Å². The molecule has 1 atom stereocenters. The normalized spacial score (nSPS) is 31.1. The molecule has 1 amide bonds. The first-order chi connectivity index (χ1) is 9.08. The zero-order valence-corrected chi connectivity index (χ0v) is 11.4. The maximum atomic E-state index is 12.4. The van der Waals surface area contributed by atoms with E-state index in [9.17, 15) is 14.7 Å². The third-order valence-electron chi connectivity index (χ3n) is 5.58. The number of carbonyl (C=O) groups is 2. The molecule has 0 aromatic carbocycles. The second kappa shape index (κ2) is 4.50. The maximum Gasteiger partial charge on any atom is 0.329 e. The van der Waals surface area contributed by atoms with Gasteiger partial charge in [-0.2, -0.15) is 0 Å². The van der Waals surface area contributed by atoms with Crippen molar-refractivity contribution in [3.05, 3.63) is 0 Å². The molecule has 0 heterocycles. The lowest BCUT2D eigenvalue weighted by Crippen LogP contribution is -2.56. The standard InChI is InChI=1S/C15H23NO3/c17-12(11-10-14(11)6-4-5-7-14)16-15(13(18)19)8-2-1-3-9-15/h11H,1-10H2,(H,16,17)(H,18,19). The van der Waals surface area contributed by atoms with E-state index in [1.54, 1.807) is 0 Å². The van der Waals surface area contributed by atoms with Crippen LogP contribution in [0.25, 0.3) is 0 Å². The van der Waals surface area contributed by atoms with Crippen LogP contribution in [0.4, 0.5) is 0 Å². The van der Waals surface area contributed by atoms with Crippen molar-refractivity contribution in [2.75, 3.05) is 0 Å². The van der Waals surface area contributed by atoms with E-state index in [1.165, 1.54) is 12.8 Å². The SMILES string of the molecule is O=C(NC1(C(=O)O)CCCCC1)C1CC12CCCC2. The van der Waals surface area contributed by atoms with E-state index in [0.717, 1.165) is 38.5 Å². The number of carboxylic acid groups (broad SMARTS) is 1. The highest BCUT2D eigenvalue weighted by atomic mass is 16.4. The van der Waals surface area contributed by atoms with E-state index in [-0.39, 0.29) is 17.2 Å². The molecule has 3 aliphatic rings. The number of hydrogen-bond donors (Lipinski definition) is 2. The van der Waals surface area contributed by atoms with E-state index in [1.807, 2.05) is 0 Å². The molecule has 0 radical (unpaired) electrons. The smallest absolute Gasteiger partial charge is 0.329 e. The van der Waals surface area contributed by atoms with Gasteiger partial charge in [0.05, 0.1) is 0 Å². The molecular weight excluding hydrogens is 242 g/mol. The summed E-state index contributed by atoms with van der Waals surface area (Å²) in [6.07, 6.45) is 9.83. The highest BCUT2D eigenvalue weighted by molar-refractivity contribution is 5.90.